The molecule has 0 spiro atoms. The lowest BCUT2D eigenvalue weighted by atomic mass is 10.1. The van der Waals surface area contributed by atoms with Crippen molar-refractivity contribution in [2.75, 3.05) is 6.61 Å². The smallest absolute Gasteiger partial charge is 0.379 e. The molecule has 0 radical (unpaired) electrons. The van der Waals surface area contributed by atoms with E-state index in [0.29, 0.717) is 15.5 Å². The number of Topliss-reactive ketones (excluding diaryl/α,β-unsaturated/α-hetero) is 1. The third-order valence-electron chi connectivity index (χ3n) is 2.31. The van der Waals surface area contributed by atoms with Gasteiger partial charge in [0.2, 0.25) is 0 Å². The second-order valence-corrected chi connectivity index (χ2v) is 4.36. The number of carbonyl (C=O) groups is 2. The number of nitrogens with one attached hydrogen (secondary N) is 2. The maximum Gasteiger partial charge on any atom is 0.379 e. The SMILES string of the molecule is CCOC(=O)C(=O)c1cc2[nH]c(=O)[nH]c2cc1Br. The molecular formula is C11H9BrN2O4. The number of ketones is 1. The van der Waals surface area contributed by atoms with Crippen molar-refractivity contribution in [3.63, 3.8) is 0 Å². The minimum absolute atomic E-state index is 0.130. The Hall–Kier alpha value is -1.89. The largest absolute Gasteiger partial charge is 0.460 e. The van der Waals surface area contributed by atoms with Gasteiger partial charge < -0.3 is 14.7 Å². The Morgan fingerprint density at radius 3 is 2.50 bits per heavy atom. The molecule has 1 aromatic heterocycles. The highest BCUT2D eigenvalue weighted by molar-refractivity contribution is 9.10. The second-order valence-electron chi connectivity index (χ2n) is 3.51. The van der Waals surface area contributed by atoms with Crippen LogP contribution in [0, 0.1) is 0 Å². The van der Waals surface area contributed by atoms with Crippen LogP contribution in [0.4, 0.5) is 0 Å². The summed E-state index contributed by atoms with van der Waals surface area (Å²) in [7, 11) is 0. The number of benzene rings is 1. The van der Waals surface area contributed by atoms with Crippen molar-refractivity contribution in [3.05, 3.63) is 32.7 Å². The summed E-state index contributed by atoms with van der Waals surface area (Å²) in [4.78, 5) is 39.3. The number of carbonyl (C=O) groups excluding carboxylic acids is 2. The minimum atomic E-state index is -0.921. The third kappa shape index (κ3) is 2.21. The van der Waals surface area contributed by atoms with Crippen LogP contribution in [-0.4, -0.2) is 28.3 Å². The summed E-state index contributed by atoms with van der Waals surface area (Å²) < 4.78 is 5.06. The van der Waals surface area contributed by atoms with Gasteiger partial charge in [0.05, 0.1) is 17.6 Å². The van der Waals surface area contributed by atoms with Crippen LogP contribution in [0.1, 0.15) is 17.3 Å². The maximum atomic E-state index is 11.8. The van der Waals surface area contributed by atoms with Crippen LogP contribution in [-0.2, 0) is 9.53 Å². The number of aromatic nitrogens is 2. The molecule has 0 aliphatic rings. The summed E-state index contributed by atoms with van der Waals surface area (Å²) in [5.74, 6) is -1.68. The monoisotopic (exact) mass is 312 g/mol. The number of H-pyrrole nitrogens is 2. The molecule has 0 atom stereocenters. The number of hydrogen-bond donors (Lipinski definition) is 2. The first kappa shape index (κ1) is 12.6. The number of imidazole rings is 1. The number of halogens is 1. The molecule has 6 nitrogen and oxygen atoms in total. The van der Waals surface area contributed by atoms with Gasteiger partial charge in [-0.05, 0) is 35.0 Å². The lowest BCUT2D eigenvalue weighted by molar-refractivity contribution is -0.137. The van der Waals surface area contributed by atoms with Gasteiger partial charge in [0, 0.05) is 10.0 Å². The zero-order valence-electron chi connectivity index (χ0n) is 9.37. The van der Waals surface area contributed by atoms with E-state index in [1.807, 2.05) is 0 Å². The van der Waals surface area contributed by atoms with E-state index in [0.717, 1.165) is 0 Å². The Morgan fingerprint density at radius 1 is 1.28 bits per heavy atom. The van der Waals surface area contributed by atoms with Gasteiger partial charge in [0.15, 0.2) is 0 Å². The molecule has 2 rings (SSSR count). The van der Waals surface area contributed by atoms with E-state index in [1.54, 1.807) is 13.0 Å². The van der Waals surface area contributed by atoms with Crippen LogP contribution in [0.15, 0.2) is 21.4 Å². The molecule has 0 aliphatic heterocycles. The quantitative estimate of drug-likeness (QED) is 0.508. The molecule has 1 aromatic carbocycles. The van der Waals surface area contributed by atoms with Crippen molar-refractivity contribution in [2.45, 2.75) is 6.92 Å². The number of ether oxygens (including phenoxy) is 1. The number of fused-ring (bicyclic) bond motifs is 1. The normalized spacial score (nSPS) is 10.6. The average Bonchev–Trinajstić information content (AvgIpc) is 2.66. The number of esters is 1. The zero-order chi connectivity index (χ0) is 13.3. The highest BCUT2D eigenvalue weighted by atomic mass is 79.9. The Morgan fingerprint density at radius 2 is 1.89 bits per heavy atom. The Balaban J connectivity index is 2.50. The summed E-state index contributed by atoms with van der Waals surface area (Å²) in [5, 5.41) is 0. The predicted molar refractivity (Wildman–Crippen MR) is 67.6 cm³/mol. The standard InChI is InChI=1S/C11H9BrN2O4/c1-2-18-10(16)9(15)5-3-7-8(4-6(5)12)14-11(17)13-7/h3-4H,2H2,1H3,(H2,13,14,17). The minimum Gasteiger partial charge on any atom is -0.460 e. The zero-order valence-corrected chi connectivity index (χ0v) is 11.0. The average molecular weight is 313 g/mol. The highest BCUT2D eigenvalue weighted by Gasteiger charge is 2.21. The van der Waals surface area contributed by atoms with Gasteiger partial charge in [-0.3, -0.25) is 4.79 Å². The Labute approximate surface area is 109 Å². The molecule has 2 aromatic rings. The summed E-state index contributed by atoms with van der Waals surface area (Å²) in [6.07, 6.45) is 0. The van der Waals surface area contributed by atoms with Gasteiger partial charge in [-0.25, -0.2) is 9.59 Å². The van der Waals surface area contributed by atoms with Crippen LogP contribution in [0.2, 0.25) is 0 Å². The Kier molecular flexibility index (Phi) is 3.33. The fraction of sp³-hybridized carbons (Fsp3) is 0.182. The van der Waals surface area contributed by atoms with E-state index in [1.165, 1.54) is 6.07 Å². The van der Waals surface area contributed by atoms with Gasteiger partial charge in [-0.1, -0.05) is 0 Å². The van der Waals surface area contributed by atoms with Crippen molar-refractivity contribution >= 4 is 38.7 Å². The van der Waals surface area contributed by atoms with Crippen molar-refractivity contribution < 1.29 is 14.3 Å². The number of rotatable bonds is 3. The van der Waals surface area contributed by atoms with Crippen molar-refractivity contribution in [3.8, 4) is 0 Å². The Bertz CT molecular complexity index is 686. The fourth-order valence-corrected chi connectivity index (χ4v) is 2.06. The molecule has 0 unspecified atom stereocenters. The predicted octanol–water partition coefficient (Wildman–Crippen LogP) is 1.36. The van der Waals surface area contributed by atoms with E-state index < -0.39 is 11.8 Å². The van der Waals surface area contributed by atoms with E-state index in [-0.39, 0.29) is 17.9 Å². The molecular weight excluding hydrogens is 304 g/mol. The summed E-state index contributed by atoms with van der Waals surface area (Å²) in [5.41, 5.74) is 0.775. The fourth-order valence-electron chi connectivity index (χ4n) is 1.54. The van der Waals surface area contributed by atoms with Gasteiger partial charge in [0.1, 0.15) is 0 Å². The molecule has 94 valence electrons. The summed E-state index contributed by atoms with van der Waals surface area (Å²) in [6.45, 7) is 1.75. The van der Waals surface area contributed by atoms with Crippen LogP contribution < -0.4 is 5.69 Å². The molecule has 0 fully saturated rings. The maximum absolute atomic E-state index is 11.8. The number of hydrogen-bond acceptors (Lipinski definition) is 4. The molecule has 18 heavy (non-hydrogen) atoms. The van der Waals surface area contributed by atoms with Gasteiger partial charge in [-0.2, -0.15) is 0 Å². The molecule has 0 amide bonds. The lowest BCUT2D eigenvalue weighted by Gasteiger charge is -2.03. The topological polar surface area (TPSA) is 92.0 Å². The van der Waals surface area contributed by atoms with Crippen LogP contribution >= 0.6 is 15.9 Å². The summed E-state index contributed by atoms with van der Waals surface area (Å²) in [6, 6.07) is 2.98. The molecule has 7 heteroatoms. The van der Waals surface area contributed by atoms with Crippen LogP contribution in [0.3, 0.4) is 0 Å². The molecule has 2 N–H and O–H groups in total. The molecule has 1 heterocycles. The van der Waals surface area contributed by atoms with Crippen molar-refractivity contribution in [1.29, 1.82) is 0 Å². The molecule has 0 saturated heterocycles. The first-order valence-corrected chi connectivity index (χ1v) is 5.95. The van der Waals surface area contributed by atoms with Crippen molar-refractivity contribution in [2.24, 2.45) is 0 Å². The third-order valence-corrected chi connectivity index (χ3v) is 2.97. The van der Waals surface area contributed by atoms with Crippen LogP contribution in [0.5, 0.6) is 0 Å². The highest BCUT2D eigenvalue weighted by Crippen LogP contribution is 2.22. The van der Waals surface area contributed by atoms with E-state index in [9.17, 15) is 14.4 Å². The molecule has 0 bridgehead atoms. The first-order valence-electron chi connectivity index (χ1n) is 5.16. The van der Waals surface area contributed by atoms with Gasteiger partial charge in [0.25, 0.3) is 5.78 Å². The first-order chi connectivity index (χ1) is 8.52. The van der Waals surface area contributed by atoms with Gasteiger partial charge in [-0.15, -0.1) is 0 Å². The summed E-state index contributed by atoms with van der Waals surface area (Å²) >= 11 is 3.18. The van der Waals surface area contributed by atoms with Gasteiger partial charge >= 0.3 is 11.7 Å². The van der Waals surface area contributed by atoms with E-state index in [4.69, 9.17) is 0 Å². The molecule has 0 aliphatic carbocycles. The molecule has 0 saturated carbocycles. The van der Waals surface area contributed by atoms with Crippen LogP contribution in [0.25, 0.3) is 11.0 Å². The van der Waals surface area contributed by atoms with Crippen molar-refractivity contribution in [1.82, 2.24) is 9.97 Å². The lowest BCUT2D eigenvalue weighted by Crippen LogP contribution is -2.17. The van der Waals surface area contributed by atoms with E-state index in [2.05, 4.69) is 30.6 Å². The van der Waals surface area contributed by atoms with E-state index >= 15 is 0 Å². The number of aromatic amines is 2. The second kappa shape index (κ2) is 4.77.